The van der Waals surface area contributed by atoms with Gasteiger partial charge >= 0.3 is 0 Å². The van der Waals surface area contributed by atoms with Crippen molar-refractivity contribution in [3.8, 4) is 0 Å². The molecule has 2 heterocycles. The van der Waals surface area contributed by atoms with Gasteiger partial charge < -0.3 is 0 Å². The summed E-state index contributed by atoms with van der Waals surface area (Å²) in [7, 11) is -3.85. The number of thiophene rings is 1. The number of nitrogens with zero attached hydrogens (tertiary/aromatic N) is 2. The minimum absolute atomic E-state index is 0.0125. The summed E-state index contributed by atoms with van der Waals surface area (Å²) in [5.74, 6) is 4.22. The van der Waals surface area contributed by atoms with Crippen molar-refractivity contribution in [1.82, 2.24) is 4.41 Å². The van der Waals surface area contributed by atoms with Crippen molar-refractivity contribution in [1.29, 1.82) is 0 Å². The molecule has 0 bridgehead atoms. The third kappa shape index (κ3) is 4.35. The predicted molar refractivity (Wildman–Crippen MR) is 85.5 cm³/mol. The topological polar surface area (TPSA) is 101 Å². The lowest BCUT2D eigenvalue weighted by molar-refractivity contribution is -0.683. The average molecular weight is 375 g/mol. The zero-order valence-electron chi connectivity index (χ0n) is 12.0. The van der Waals surface area contributed by atoms with Crippen molar-refractivity contribution in [2.24, 2.45) is 5.84 Å². The molecule has 0 aliphatic rings. The molecule has 0 saturated carbocycles. The number of rotatable bonds is 5. The van der Waals surface area contributed by atoms with Gasteiger partial charge in [-0.3, -0.25) is 9.59 Å². The number of hydrogen-bond donors (Lipinski definition) is 1. The van der Waals surface area contributed by atoms with E-state index in [1.54, 1.807) is 18.3 Å². The van der Waals surface area contributed by atoms with Crippen LogP contribution in [0.15, 0.2) is 36.7 Å². The minimum atomic E-state index is -3.85. The van der Waals surface area contributed by atoms with E-state index in [4.69, 9.17) is 17.4 Å². The molecule has 0 aliphatic carbocycles. The summed E-state index contributed by atoms with van der Waals surface area (Å²) in [5, 5.41) is 0. The van der Waals surface area contributed by atoms with E-state index in [0.29, 0.717) is 9.21 Å². The van der Waals surface area contributed by atoms with Crippen LogP contribution < -0.4 is 10.4 Å². The van der Waals surface area contributed by atoms with E-state index in [-0.39, 0.29) is 22.3 Å². The Morgan fingerprint density at radius 3 is 2.61 bits per heavy atom. The molecule has 2 aromatic rings. The number of nitrogens with two attached hydrogens (primary N) is 1. The van der Waals surface area contributed by atoms with Crippen LogP contribution >= 0.6 is 22.9 Å². The largest absolute Gasteiger partial charge is 0.287 e. The second-order valence-corrected chi connectivity index (χ2v) is 8.23. The Hall–Kier alpha value is -1.81. The minimum Gasteiger partial charge on any atom is -0.286 e. The van der Waals surface area contributed by atoms with Gasteiger partial charge in [-0.05, 0) is 18.2 Å². The fourth-order valence-electron chi connectivity index (χ4n) is 1.73. The quantitative estimate of drug-likeness (QED) is 0.275. The van der Waals surface area contributed by atoms with Crippen LogP contribution in [0.5, 0.6) is 0 Å². The fourth-order valence-corrected chi connectivity index (χ4v) is 3.11. The van der Waals surface area contributed by atoms with Gasteiger partial charge in [-0.15, -0.1) is 11.3 Å². The lowest BCUT2D eigenvalue weighted by Gasteiger charge is -2.12. The summed E-state index contributed by atoms with van der Waals surface area (Å²) in [6.45, 7) is -0.0125. The second-order valence-electron chi connectivity index (χ2n) is 4.66. The number of amides is 1. The summed E-state index contributed by atoms with van der Waals surface area (Å²) >= 11 is 6.95. The summed E-state index contributed by atoms with van der Waals surface area (Å²) in [6.07, 6.45) is 3.78. The molecule has 0 aliphatic heterocycles. The monoisotopic (exact) mass is 374 g/mol. The lowest BCUT2D eigenvalue weighted by Crippen LogP contribution is -2.44. The first-order valence-electron chi connectivity index (χ1n) is 6.25. The number of carbonyl (C=O) groups is 2. The highest BCUT2D eigenvalue weighted by atomic mass is 35.5. The molecule has 7 nitrogen and oxygen atoms in total. The van der Waals surface area contributed by atoms with Gasteiger partial charge in [-0.1, -0.05) is 11.6 Å². The molecule has 0 saturated heterocycles. The van der Waals surface area contributed by atoms with Crippen molar-refractivity contribution in [2.45, 2.75) is 6.54 Å². The average Bonchev–Trinajstić information content (AvgIpc) is 2.91. The van der Waals surface area contributed by atoms with Crippen LogP contribution in [0, 0.1) is 0 Å². The van der Waals surface area contributed by atoms with E-state index in [1.165, 1.54) is 22.9 Å². The van der Waals surface area contributed by atoms with Crippen molar-refractivity contribution in [3.05, 3.63) is 51.4 Å². The predicted octanol–water partition coefficient (Wildman–Crippen LogP) is 0.847. The zero-order valence-corrected chi connectivity index (χ0v) is 14.4. The molecule has 0 unspecified atom stereocenters. The summed E-state index contributed by atoms with van der Waals surface area (Å²) in [4.78, 5) is 24.6. The molecule has 2 N–H and O–H groups in total. The number of hydrazine groups is 1. The van der Waals surface area contributed by atoms with Crippen LogP contribution in [0.1, 0.15) is 20.0 Å². The third-order valence-corrected chi connectivity index (χ3v) is 4.99. The van der Waals surface area contributed by atoms with Crippen LogP contribution in [-0.2, 0) is 16.6 Å². The summed E-state index contributed by atoms with van der Waals surface area (Å²) < 4.78 is 24.7. The normalized spacial score (nSPS) is 11.3. The van der Waals surface area contributed by atoms with E-state index in [1.807, 2.05) is 0 Å². The molecule has 10 heteroatoms. The SMILES string of the molecule is CS(=O)(=O)N(N)C(=O)c1ccc[n+](CC(=O)c2ccc(Cl)s2)c1. The van der Waals surface area contributed by atoms with Crippen molar-refractivity contribution < 1.29 is 22.6 Å². The fraction of sp³-hybridized carbons (Fsp3) is 0.154. The molecule has 2 rings (SSSR count). The molecule has 2 aromatic heterocycles. The summed E-state index contributed by atoms with van der Waals surface area (Å²) in [6, 6.07) is 6.19. The Bertz CT molecular complexity index is 864. The molecule has 0 atom stereocenters. The van der Waals surface area contributed by atoms with E-state index >= 15 is 0 Å². The standard InChI is InChI=1S/C13H13ClN3O4S2/c1-23(20,21)17(15)13(19)9-3-2-6-16(7-9)8-10(18)11-4-5-12(14)22-11/h2-7H,8,15H2,1H3/q+1. The van der Waals surface area contributed by atoms with Gasteiger partial charge in [0, 0.05) is 6.07 Å². The number of halogens is 1. The van der Waals surface area contributed by atoms with Crippen LogP contribution in [0.4, 0.5) is 0 Å². The van der Waals surface area contributed by atoms with Crippen molar-refractivity contribution in [3.63, 3.8) is 0 Å². The summed E-state index contributed by atoms with van der Waals surface area (Å²) in [5.41, 5.74) is 0.0532. The number of carbonyl (C=O) groups excluding carboxylic acids is 2. The third-order valence-electron chi connectivity index (χ3n) is 2.84. The molecule has 0 radical (unpaired) electrons. The molecule has 0 spiro atoms. The van der Waals surface area contributed by atoms with Gasteiger partial charge in [-0.25, -0.2) is 14.3 Å². The highest BCUT2D eigenvalue weighted by Crippen LogP contribution is 2.21. The number of ketones is 1. The zero-order chi connectivity index (χ0) is 17.2. The van der Waals surface area contributed by atoms with Crippen molar-refractivity contribution >= 4 is 44.7 Å². The molecular weight excluding hydrogens is 362 g/mol. The first kappa shape index (κ1) is 17.5. The maximum atomic E-state index is 12.1. The number of pyridine rings is 1. The first-order chi connectivity index (χ1) is 10.7. The van der Waals surface area contributed by atoms with E-state index in [2.05, 4.69) is 0 Å². The Morgan fingerprint density at radius 1 is 1.35 bits per heavy atom. The Morgan fingerprint density at radius 2 is 2.04 bits per heavy atom. The Kier molecular flexibility index (Phi) is 5.15. The highest BCUT2D eigenvalue weighted by Gasteiger charge is 2.23. The van der Waals surface area contributed by atoms with Crippen LogP contribution in [-0.4, -0.2) is 30.8 Å². The van der Waals surface area contributed by atoms with Gasteiger partial charge in [0.25, 0.3) is 5.91 Å². The molecule has 23 heavy (non-hydrogen) atoms. The smallest absolute Gasteiger partial charge is 0.286 e. The molecule has 0 aromatic carbocycles. The molecule has 0 fully saturated rings. The van der Waals surface area contributed by atoms with Gasteiger partial charge in [-0.2, -0.15) is 8.98 Å². The second kappa shape index (κ2) is 6.75. The van der Waals surface area contributed by atoms with Crippen LogP contribution in [0.25, 0.3) is 0 Å². The number of sulfonamides is 1. The number of Topliss-reactive ketones (excluding diaryl/α,β-unsaturated/α-hetero) is 1. The van der Waals surface area contributed by atoms with E-state index in [0.717, 1.165) is 17.6 Å². The maximum Gasteiger partial charge on any atom is 0.287 e. The Balaban J connectivity index is 2.20. The Labute approximate surface area is 141 Å². The maximum absolute atomic E-state index is 12.1. The first-order valence-corrected chi connectivity index (χ1v) is 9.30. The number of aromatic nitrogens is 1. The van der Waals surface area contributed by atoms with Gasteiger partial charge in [0.1, 0.15) is 5.56 Å². The number of hydrogen-bond acceptors (Lipinski definition) is 6. The molecular formula is C13H13ClN3O4S2+. The molecule has 1 amide bonds. The van der Waals surface area contributed by atoms with Gasteiger partial charge in [0.2, 0.25) is 22.4 Å². The van der Waals surface area contributed by atoms with Crippen LogP contribution in [0.2, 0.25) is 4.34 Å². The lowest BCUT2D eigenvalue weighted by atomic mass is 10.2. The van der Waals surface area contributed by atoms with E-state index in [9.17, 15) is 18.0 Å². The van der Waals surface area contributed by atoms with Crippen LogP contribution in [0.3, 0.4) is 0 Å². The highest BCUT2D eigenvalue weighted by molar-refractivity contribution is 7.88. The molecule has 122 valence electrons. The van der Waals surface area contributed by atoms with Crippen molar-refractivity contribution in [2.75, 3.05) is 6.26 Å². The van der Waals surface area contributed by atoms with Gasteiger partial charge in [0.05, 0.1) is 15.5 Å². The van der Waals surface area contributed by atoms with E-state index < -0.39 is 15.9 Å². The van der Waals surface area contributed by atoms with Gasteiger partial charge in [0.15, 0.2) is 12.4 Å².